The number of carbonyl (C=O) groups is 5. The molecule has 12 heteroatoms. The fraction of sp³-hybridized carbons (Fsp3) is 0.667. The standard InChI is InChI=1S/C15H25N5O7/c1-7(21)12(15(26)27)19-13(24)8(5-10(17)22)18-14(25)9-3-2-4-20(9)11(23)6-16/h7-9,12,21H,2-6,16H2,1H3,(H2,17,22)(H,18,25)(H,19,24)(H,26,27). The van der Waals surface area contributed by atoms with Gasteiger partial charge in [-0.15, -0.1) is 0 Å². The lowest BCUT2D eigenvalue weighted by Gasteiger charge is -2.26. The summed E-state index contributed by atoms with van der Waals surface area (Å²) in [6.07, 6.45) is -1.07. The molecule has 0 spiro atoms. The lowest BCUT2D eigenvalue weighted by atomic mass is 10.1. The number of nitrogens with two attached hydrogens (primary N) is 2. The van der Waals surface area contributed by atoms with Crippen LogP contribution in [0.25, 0.3) is 0 Å². The maximum Gasteiger partial charge on any atom is 0.328 e. The molecular weight excluding hydrogens is 362 g/mol. The van der Waals surface area contributed by atoms with Crippen molar-refractivity contribution in [1.82, 2.24) is 15.5 Å². The SMILES string of the molecule is CC(O)C(NC(=O)C(CC(N)=O)NC(=O)C1CCCN1C(=O)CN)C(=O)O. The Morgan fingerprint density at radius 1 is 1.22 bits per heavy atom. The van der Waals surface area contributed by atoms with Gasteiger partial charge in [0.05, 0.1) is 19.1 Å². The fourth-order valence-electron chi connectivity index (χ4n) is 2.78. The van der Waals surface area contributed by atoms with Crippen LogP contribution in [0, 0.1) is 0 Å². The molecule has 152 valence electrons. The van der Waals surface area contributed by atoms with Crippen molar-refractivity contribution in [3.05, 3.63) is 0 Å². The molecule has 4 unspecified atom stereocenters. The first kappa shape index (κ1) is 22.3. The number of likely N-dealkylation sites (tertiary alicyclic amines) is 1. The number of amides is 4. The van der Waals surface area contributed by atoms with Gasteiger partial charge in [-0.25, -0.2) is 4.79 Å². The van der Waals surface area contributed by atoms with Crippen molar-refractivity contribution in [3.63, 3.8) is 0 Å². The van der Waals surface area contributed by atoms with E-state index < -0.39 is 60.2 Å². The summed E-state index contributed by atoms with van der Waals surface area (Å²) in [4.78, 5) is 60.2. The Kier molecular flexibility index (Phi) is 8.12. The first-order valence-electron chi connectivity index (χ1n) is 8.38. The molecular formula is C15H25N5O7. The highest BCUT2D eigenvalue weighted by Crippen LogP contribution is 2.17. The van der Waals surface area contributed by atoms with Crippen LogP contribution in [0.15, 0.2) is 0 Å². The smallest absolute Gasteiger partial charge is 0.328 e. The number of rotatable bonds is 9. The van der Waals surface area contributed by atoms with Gasteiger partial charge in [-0.3, -0.25) is 19.2 Å². The van der Waals surface area contributed by atoms with Gasteiger partial charge in [0.25, 0.3) is 0 Å². The first-order valence-corrected chi connectivity index (χ1v) is 8.38. The summed E-state index contributed by atoms with van der Waals surface area (Å²) in [5.41, 5.74) is 10.4. The van der Waals surface area contributed by atoms with E-state index in [2.05, 4.69) is 10.6 Å². The minimum absolute atomic E-state index is 0.274. The van der Waals surface area contributed by atoms with E-state index in [0.717, 1.165) is 6.92 Å². The van der Waals surface area contributed by atoms with Crippen LogP contribution in [0.1, 0.15) is 26.2 Å². The van der Waals surface area contributed by atoms with Crippen molar-refractivity contribution >= 4 is 29.6 Å². The van der Waals surface area contributed by atoms with Crippen molar-refractivity contribution in [2.24, 2.45) is 11.5 Å². The fourth-order valence-corrected chi connectivity index (χ4v) is 2.78. The topological polar surface area (TPSA) is 205 Å². The zero-order valence-electron chi connectivity index (χ0n) is 14.9. The highest BCUT2D eigenvalue weighted by Gasteiger charge is 2.36. The van der Waals surface area contributed by atoms with Crippen LogP contribution in [0.4, 0.5) is 0 Å². The lowest BCUT2D eigenvalue weighted by molar-refractivity contribution is -0.145. The van der Waals surface area contributed by atoms with Gasteiger partial charge in [0.2, 0.25) is 23.6 Å². The summed E-state index contributed by atoms with van der Waals surface area (Å²) in [5.74, 6) is -4.49. The molecule has 0 saturated carbocycles. The van der Waals surface area contributed by atoms with E-state index in [4.69, 9.17) is 16.6 Å². The van der Waals surface area contributed by atoms with Gasteiger partial charge >= 0.3 is 5.97 Å². The number of aliphatic hydroxyl groups is 1. The second kappa shape index (κ2) is 9.83. The van der Waals surface area contributed by atoms with Gasteiger partial charge in [-0.2, -0.15) is 0 Å². The Labute approximate surface area is 155 Å². The normalized spacial score (nSPS) is 19.7. The molecule has 1 rings (SSSR count). The molecule has 0 aromatic heterocycles. The molecule has 8 N–H and O–H groups in total. The van der Waals surface area contributed by atoms with Gasteiger partial charge in [-0.05, 0) is 19.8 Å². The van der Waals surface area contributed by atoms with Crippen molar-refractivity contribution in [2.75, 3.05) is 13.1 Å². The van der Waals surface area contributed by atoms with Crippen molar-refractivity contribution in [2.45, 2.75) is 50.4 Å². The second-order valence-electron chi connectivity index (χ2n) is 6.25. The molecule has 0 radical (unpaired) electrons. The quantitative estimate of drug-likeness (QED) is 0.231. The number of nitrogens with zero attached hydrogens (tertiary/aromatic N) is 1. The van der Waals surface area contributed by atoms with E-state index in [1.54, 1.807) is 0 Å². The van der Waals surface area contributed by atoms with Crippen molar-refractivity contribution in [3.8, 4) is 0 Å². The summed E-state index contributed by atoms with van der Waals surface area (Å²) >= 11 is 0. The highest BCUT2D eigenvalue weighted by molar-refractivity contribution is 5.96. The molecule has 0 bridgehead atoms. The highest BCUT2D eigenvalue weighted by atomic mass is 16.4. The van der Waals surface area contributed by atoms with Crippen LogP contribution in [-0.2, 0) is 24.0 Å². The van der Waals surface area contributed by atoms with Gasteiger partial charge < -0.3 is 37.2 Å². The zero-order chi connectivity index (χ0) is 20.7. The molecule has 0 aromatic rings. The largest absolute Gasteiger partial charge is 0.480 e. The van der Waals surface area contributed by atoms with Crippen molar-refractivity contribution in [1.29, 1.82) is 0 Å². The van der Waals surface area contributed by atoms with Gasteiger partial charge in [0.15, 0.2) is 6.04 Å². The van der Waals surface area contributed by atoms with E-state index in [0.29, 0.717) is 19.4 Å². The molecule has 27 heavy (non-hydrogen) atoms. The lowest BCUT2D eigenvalue weighted by Crippen LogP contribution is -2.58. The number of carboxylic acid groups (broad SMARTS) is 1. The van der Waals surface area contributed by atoms with Crippen LogP contribution < -0.4 is 22.1 Å². The number of aliphatic hydroxyl groups excluding tert-OH is 1. The number of carboxylic acids is 1. The van der Waals surface area contributed by atoms with Crippen molar-refractivity contribution < 1.29 is 34.2 Å². The van der Waals surface area contributed by atoms with Crippen LogP contribution in [0.3, 0.4) is 0 Å². The van der Waals surface area contributed by atoms with Gasteiger partial charge in [-0.1, -0.05) is 0 Å². The minimum Gasteiger partial charge on any atom is -0.480 e. The number of aliphatic carboxylic acids is 1. The van der Waals surface area contributed by atoms with Gasteiger partial charge in [0.1, 0.15) is 12.1 Å². The van der Waals surface area contributed by atoms with Crippen LogP contribution in [-0.4, -0.2) is 82.0 Å². The second-order valence-corrected chi connectivity index (χ2v) is 6.25. The molecule has 1 saturated heterocycles. The summed E-state index contributed by atoms with van der Waals surface area (Å²) in [6.45, 7) is 1.23. The molecule has 0 aromatic carbocycles. The summed E-state index contributed by atoms with van der Waals surface area (Å²) in [5, 5.41) is 22.8. The third kappa shape index (κ3) is 6.18. The van der Waals surface area contributed by atoms with Gasteiger partial charge in [0, 0.05) is 6.54 Å². The average Bonchev–Trinajstić information content (AvgIpc) is 3.06. The Bertz CT molecular complexity index is 609. The van der Waals surface area contributed by atoms with Crippen LogP contribution in [0.2, 0.25) is 0 Å². The Morgan fingerprint density at radius 3 is 2.33 bits per heavy atom. The summed E-state index contributed by atoms with van der Waals surface area (Å²) < 4.78 is 0. The number of hydrogen-bond acceptors (Lipinski definition) is 7. The summed E-state index contributed by atoms with van der Waals surface area (Å²) in [7, 11) is 0. The third-order valence-electron chi connectivity index (χ3n) is 4.13. The molecule has 12 nitrogen and oxygen atoms in total. The molecule has 0 aliphatic carbocycles. The van der Waals surface area contributed by atoms with E-state index in [1.807, 2.05) is 0 Å². The maximum absolute atomic E-state index is 12.5. The predicted octanol–water partition coefficient (Wildman–Crippen LogP) is -3.75. The van der Waals surface area contributed by atoms with E-state index >= 15 is 0 Å². The number of primary amides is 1. The summed E-state index contributed by atoms with van der Waals surface area (Å²) in [6, 6.07) is -3.94. The van der Waals surface area contributed by atoms with E-state index in [-0.39, 0.29) is 6.54 Å². The molecule has 1 aliphatic rings. The molecule has 1 fully saturated rings. The molecule has 4 atom stereocenters. The molecule has 1 heterocycles. The molecule has 1 aliphatic heterocycles. The minimum atomic E-state index is -1.63. The maximum atomic E-state index is 12.5. The Balaban J connectivity index is 2.88. The third-order valence-corrected chi connectivity index (χ3v) is 4.13. The van der Waals surface area contributed by atoms with E-state index in [1.165, 1.54) is 4.90 Å². The first-order chi connectivity index (χ1) is 12.6. The van der Waals surface area contributed by atoms with Crippen LogP contribution in [0.5, 0.6) is 0 Å². The number of hydrogen-bond donors (Lipinski definition) is 6. The monoisotopic (exact) mass is 387 g/mol. The Hall–Kier alpha value is -2.73. The number of nitrogens with one attached hydrogen (secondary N) is 2. The average molecular weight is 387 g/mol. The predicted molar refractivity (Wildman–Crippen MR) is 90.8 cm³/mol. The number of carbonyl (C=O) groups excluding carboxylic acids is 4. The Morgan fingerprint density at radius 2 is 1.85 bits per heavy atom. The molecule has 4 amide bonds. The van der Waals surface area contributed by atoms with Crippen LogP contribution >= 0.6 is 0 Å². The van der Waals surface area contributed by atoms with E-state index in [9.17, 15) is 29.1 Å². The zero-order valence-corrected chi connectivity index (χ0v) is 14.9.